The Labute approximate surface area is 170 Å². The van der Waals surface area contributed by atoms with Crippen LogP contribution in [0, 0.1) is 0 Å². The van der Waals surface area contributed by atoms with E-state index in [0.717, 1.165) is 0 Å². The summed E-state index contributed by atoms with van der Waals surface area (Å²) >= 11 is 0. The zero-order chi connectivity index (χ0) is 21.2. The Kier molecular flexibility index (Phi) is 7.91. The Morgan fingerprint density at radius 2 is 1.55 bits per heavy atom. The number of carbonyl (C=O) groups excluding carboxylic acids is 2. The first-order valence-electron chi connectivity index (χ1n) is 9.11. The minimum atomic E-state index is -0.622. The summed E-state index contributed by atoms with van der Waals surface area (Å²) in [6.07, 6.45) is 2.68. The highest BCUT2D eigenvalue weighted by Gasteiger charge is 2.18. The molecule has 2 rings (SSSR count). The van der Waals surface area contributed by atoms with Crippen molar-refractivity contribution in [2.75, 3.05) is 20.7 Å². The topological polar surface area (TPSA) is 79.2 Å². The summed E-state index contributed by atoms with van der Waals surface area (Å²) in [6, 6.07) is 17.2. The molecule has 0 aliphatic carbocycles. The number of rotatable bonds is 8. The van der Waals surface area contributed by atoms with Crippen LogP contribution in [0.2, 0.25) is 0 Å². The molecule has 2 aromatic carbocycles. The quantitative estimate of drug-likeness (QED) is 0.242. The highest BCUT2D eigenvalue weighted by atomic mass is 16.5. The molecule has 29 heavy (non-hydrogen) atoms. The fourth-order valence-corrected chi connectivity index (χ4v) is 2.45. The molecule has 6 nitrogen and oxygen atoms in total. The minimum Gasteiger partial charge on any atom is -0.506 e. The molecule has 150 valence electrons. The third kappa shape index (κ3) is 6.17. The van der Waals surface area contributed by atoms with Crippen LogP contribution in [0.5, 0.6) is 0 Å². The van der Waals surface area contributed by atoms with Crippen molar-refractivity contribution in [3.63, 3.8) is 0 Å². The van der Waals surface area contributed by atoms with Gasteiger partial charge in [0.15, 0.2) is 11.5 Å². The molecule has 0 aliphatic rings. The van der Waals surface area contributed by atoms with Crippen molar-refractivity contribution in [2.45, 2.75) is 6.92 Å². The molecule has 0 unspecified atom stereocenters. The van der Waals surface area contributed by atoms with Gasteiger partial charge in [-0.25, -0.2) is 9.79 Å². The lowest BCUT2D eigenvalue weighted by Crippen LogP contribution is -2.13. The number of carbonyl (C=O) groups is 2. The summed E-state index contributed by atoms with van der Waals surface area (Å²) in [4.78, 5) is 31.0. The lowest BCUT2D eigenvalue weighted by molar-refractivity contribution is -0.138. The number of nitrogens with zero attached hydrogens (tertiary/aromatic N) is 2. The molecular weight excluding hydrogens is 368 g/mol. The van der Waals surface area contributed by atoms with Crippen molar-refractivity contribution >= 4 is 23.7 Å². The zero-order valence-electron chi connectivity index (χ0n) is 16.7. The molecule has 0 saturated heterocycles. The molecule has 0 heterocycles. The van der Waals surface area contributed by atoms with Crippen LogP contribution in [0.3, 0.4) is 0 Å². The van der Waals surface area contributed by atoms with Crippen LogP contribution >= 0.6 is 0 Å². The predicted octanol–water partition coefficient (Wildman–Crippen LogP) is 3.88. The van der Waals surface area contributed by atoms with Gasteiger partial charge in [-0.05, 0) is 6.92 Å². The number of aliphatic hydroxyl groups excluding tert-OH is 1. The number of ketones is 1. The summed E-state index contributed by atoms with van der Waals surface area (Å²) in [5, 5.41) is 10.8. The fraction of sp³-hybridized carbons (Fsp3) is 0.174. The highest BCUT2D eigenvalue weighted by molar-refractivity contribution is 6.25. The van der Waals surface area contributed by atoms with E-state index in [1.165, 1.54) is 12.4 Å². The van der Waals surface area contributed by atoms with E-state index in [2.05, 4.69) is 4.99 Å². The van der Waals surface area contributed by atoms with Gasteiger partial charge in [-0.3, -0.25) is 4.79 Å². The van der Waals surface area contributed by atoms with E-state index in [0.29, 0.717) is 11.1 Å². The Balaban J connectivity index is 2.54. The number of ether oxygens (including phenoxy) is 1. The van der Waals surface area contributed by atoms with Crippen molar-refractivity contribution in [3.05, 3.63) is 89.3 Å². The molecule has 0 spiro atoms. The van der Waals surface area contributed by atoms with Gasteiger partial charge in [0.25, 0.3) is 0 Å². The number of benzene rings is 2. The van der Waals surface area contributed by atoms with Crippen LogP contribution < -0.4 is 0 Å². The van der Waals surface area contributed by atoms with Crippen molar-refractivity contribution in [1.82, 2.24) is 4.90 Å². The van der Waals surface area contributed by atoms with E-state index in [1.54, 1.807) is 80.5 Å². The monoisotopic (exact) mass is 392 g/mol. The van der Waals surface area contributed by atoms with Gasteiger partial charge in [-0.1, -0.05) is 60.7 Å². The van der Waals surface area contributed by atoms with E-state index in [9.17, 15) is 14.7 Å². The Bertz CT molecular complexity index is 930. The molecule has 1 N–H and O–H groups in total. The summed E-state index contributed by atoms with van der Waals surface area (Å²) in [6.45, 7) is 1.89. The first-order valence-corrected chi connectivity index (χ1v) is 9.11. The molecule has 2 aromatic rings. The number of Topliss-reactive ketones (excluding diaryl/α,β-unsaturated/α-hetero) is 1. The van der Waals surface area contributed by atoms with Crippen LogP contribution in [-0.4, -0.2) is 48.7 Å². The van der Waals surface area contributed by atoms with Gasteiger partial charge >= 0.3 is 5.97 Å². The SMILES string of the molecule is CCOC(=O)C(=CN(C)C)N=CC(C(=O)c1ccccc1)=C(O)c1ccccc1. The molecule has 6 heteroatoms. The number of hydrogen-bond acceptors (Lipinski definition) is 6. The third-order valence-electron chi connectivity index (χ3n) is 3.78. The lowest BCUT2D eigenvalue weighted by atomic mass is 10.00. The second-order valence-electron chi connectivity index (χ2n) is 6.28. The second kappa shape index (κ2) is 10.6. The molecule has 0 aromatic heterocycles. The van der Waals surface area contributed by atoms with E-state index >= 15 is 0 Å². The Morgan fingerprint density at radius 1 is 1.00 bits per heavy atom. The van der Waals surface area contributed by atoms with Gasteiger partial charge in [0, 0.05) is 37.6 Å². The number of aliphatic hydroxyl groups is 1. The van der Waals surface area contributed by atoms with Crippen molar-refractivity contribution in [1.29, 1.82) is 0 Å². The second-order valence-corrected chi connectivity index (χ2v) is 6.28. The summed E-state index contributed by atoms with van der Waals surface area (Å²) < 4.78 is 5.02. The van der Waals surface area contributed by atoms with Gasteiger partial charge in [0.2, 0.25) is 0 Å². The smallest absolute Gasteiger partial charge is 0.358 e. The number of aliphatic imine (C=N–C) groups is 1. The van der Waals surface area contributed by atoms with Crippen LogP contribution in [-0.2, 0) is 9.53 Å². The maximum Gasteiger partial charge on any atom is 0.358 e. The van der Waals surface area contributed by atoms with E-state index in [1.807, 2.05) is 6.07 Å². The first kappa shape index (κ1) is 21.6. The van der Waals surface area contributed by atoms with Crippen LogP contribution in [0.25, 0.3) is 5.76 Å². The third-order valence-corrected chi connectivity index (χ3v) is 3.78. The highest BCUT2D eigenvalue weighted by Crippen LogP contribution is 2.19. The van der Waals surface area contributed by atoms with Gasteiger partial charge < -0.3 is 14.7 Å². The maximum atomic E-state index is 13.0. The van der Waals surface area contributed by atoms with Crippen molar-refractivity contribution in [2.24, 2.45) is 4.99 Å². The van der Waals surface area contributed by atoms with Gasteiger partial charge in [-0.2, -0.15) is 0 Å². The molecule has 0 fully saturated rings. The summed E-state index contributed by atoms with van der Waals surface area (Å²) in [5.74, 6) is -1.26. The summed E-state index contributed by atoms with van der Waals surface area (Å²) in [5.41, 5.74) is 0.839. The van der Waals surface area contributed by atoms with E-state index in [4.69, 9.17) is 4.74 Å². The number of hydrogen-bond donors (Lipinski definition) is 1. The van der Waals surface area contributed by atoms with Gasteiger partial charge in [0.05, 0.1) is 12.2 Å². The maximum absolute atomic E-state index is 13.0. The molecule has 0 bridgehead atoms. The van der Waals surface area contributed by atoms with Crippen molar-refractivity contribution < 1.29 is 19.4 Å². The largest absolute Gasteiger partial charge is 0.506 e. The van der Waals surface area contributed by atoms with Crippen LogP contribution in [0.15, 0.2) is 83.1 Å². The fourth-order valence-electron chi connectivity index (χ4n) is 2.45. The zero-order valence-corrected chi connectivity index (χ0v) is 16.7. The predicted molar refractivity (Wildman–Crippen MR) is 114 cm³/mol. The number of allylic oxidation sites excluding steroid dienone is 1. The molecule has 0 atom stereocenters. The van der Waals surface area contributed by atoms with Gasteiger partial charge in [-0.15, -0.1) is 0 Å². The molecular formula is C23H24N2O4. The minimum absolute atomic E-state index is 0.0103. The number of esters is 1. The lowest BCUT2D eigenvalue weighted by Gasteiger charge is -2.09. The van der Waals surface area contributed by atoms with E-state index in [-0.39, 0.29) is 23.6 Å². The van der Waals surface area contributed by atoms with Crippen LogP contribution in [0.1, 0.15) is 22.8 Å². The molecule has 0 saturated carbocycles. The standard InChI is InChI=1S/C23H24N2O4/c1-4-29-23(28)20(16-25(2)3)24-15-19(21(26)17-11-7-5-8-12-17)22(27)18-13-9-6-10-14-18/h5-16,26H,4H2,1-3H3. The van der Waals surface area contributed by atoms with Gasteiger partial charge in [0.1, 0.15) is 5.76 Å². The van der Waals surface area contributed by atoms with E-state index < -0.39 is 11.8 Å². The van der Waals surface area contributed by atoms with Crippen LogP contribution in [0.4, 0.5) is 0 Å². The molecule has 0 amide bonds. The Morgan fingerprint density at radius 3 is 2.07 bits per heavy atom. The molecule has 0 radical (unpaired) electrons. The van der Waals surface area contributed by atoms with Crippen molar-refractivity contribution in [3.8, 4) is 0 Å². The summed E-state index contributed by atoms with van der Waals surface area (Å²) in [7, 11) is 3.48. The Hall–Kier alpha value is -3.67. The molecule has 0 aliphatic heterocycles. The first-order chi connectivity index (χ1) is 13.9. The normalized spacial score (nSPS) is 12.4. The average Bonchev–Trinajstić information content (AvgIpc) is 2.73. The average molecular weight is 392 g/mol.